The van der Waals surface area contributed by atoms with Crippen molar-refractivity contribution in [2.75, 3.05) is 0 Å². The Bertz CT molecular complexity index is 340. The van der Waals surface area contributed by atoms with E-state index in [0.29, 0.717) is 12.0 Å². The first-order chi connectivity index (χ1) is 6.16. The van der Waals surface area contributed by atoms with Crippen molar-refractivity contribution >= 4 is 5.97 Å². The third-order valence-electron chi connectivity index (χ3n) is 2.04. The van der Waals surface area contributed by atoms with E-state index < -0.39 is 5.97 Å². The van der Waals surface area contributed by atoms with Crippen LogP contribution in [0, 0.1) is 6.92 Å². The Hall–Kier alpha value is -1.57. The first-order valence-electron chi connectivity index (χ1n) is 4.09. The van der Waals surface area contributed by atoms with Crippen LogP contribution in [-0.4, -0.2) is 11.1 Å². The Morgan fingerprint density at radius 3 is 2.85 bits per heavy atom. The van der Waals surface area contributed by atoms with E-state index in [2.05, 4.69) is 6.58 Å². The van der Waals surface area contributed by atoms with Gasteiger partial charge in [0.25, 0.3) is 0 Å². The topological polar surface area (TPSA) is 37.3 Å². The normalized spacial score (nSPS) is 9.62. The van der Waals surface area contributed by atoms with Gasteiger partial charge in [-0.15, -0.1) is 6.58 Å². The Labute approximate surface area is 77.5 Å². The van der Waals surface area contributed by atoms with Gasteiger partial charge in [0.1, 0.15) is 0 Å². The molecule has 0 unspecified atom stereocenters. The monoisotopic (exact) mass is 176 g/mol. The molecule has 2 nitrogen and oxygen atoms in total. The molecular formula is C11H12O2. The van der Waals surface area contributed by atoms with E-state index in [1.165, 1.54) is 0 Å². The molecule has 0 aliphatic carbocycles. The number of rotatable bonds is 3. The maximum Gasteiger partial charge on any atom is 0.335 e. The molecular weight excluding hydrogens is 164 g/mol. The molecule has 0 heterocycles. The first kappa shape index (κ1) is 9.52. The fourth-order valence-electron chi connectivity index (χ4n) is 1.29. The molecule has 1 rings (SSSR count). The van der Waals surface area contributed by atoms with Crippen LogP contribution in [0.3, 0.4) is 0 Å². The zero-order valence-electron chi connectivity index (χ0n) is 7.58. The van der Waals surface area contributed by atoms with E-state index in [1.54, 1.807) is 18.2 Å². The van der Waals surface area contributed by atoms with Crippen molar-refractivity contribution in [3.63, 3.8) is 0 Å². The number of benzene rings is 1. The van der Waals surface area contributed by atoms with Gasteiger partial charge in [-0.1, -0.05) is 18.2 Å². The molecule has 0 aliphatic heterocycles. The van der Waals surface area contributed by atoms with Crippen molar-refractivity contribution in [3.05, 3.63) is 47.5 Å². The second-order valence-electron chi connectivity index (χ2n) is 2.89. The summed E-state index contributed by atoms with van der Waals surface area (Å²) in [5.74, 6) is -0.872. The number of carboxylic acid groups (broad SMARTS) is 1. The molecule has 0 amide bonds. The van der Waals surface area contributed by atoms with E-state index in [-0.39, 0.29) is 0 Å². The lowest BCUT2D eigenvalue weighted by Gasteiger charge is -2.05. The van der Waals surface area contributed by atoms with Gasteiger partial charge in [-0.05, 0) is 30.5 Å². The van der Waals surface area contributed by atoms with Crippen LogP contribution < -0.4 is 0 Å². The summed E-state index contributed by atoms with van der Waals surface area (Å²) in [7, 11) is 0. The second-order valence-corrected chi connectivity index (χ2v) is 2.89. The molecule has 1 N–H and O–H groups in total. The van der Waals surface area contributed by atoms with Crippen LogP contribution in [0.4, 0.5) is 0 Å². The average molecular weight is 176 g/mol. The first-order valence-corrected chi connectivity index (χ1v) is 4.09. The Morgan fingerprint density at radius 2 is 2.31 bits per heavy atom. The van der Waals surface area contributed by atoms with Gasteiger partial charge in [-0.2, -0.15) is 0 Å². The van der Waals surface area contributed by atoms with Gasteiger partial charge < -0.3 is 5.11 Å². The summed E-state index contributed by atoms with van der Waals surface area (Å²) in [4.78, 5) is 10.8. The quantitative estimate of drug-likeness (QED) is 0.718. The summed E-state index contributed by atoms with van der Waals surface area (Å²) in [6.07, 6.45) is 2.49. The number of carboxylic acids is 1. The van der Waals surface area contributed by atoms with Crippen LogP contribution in [0.15, 0.2) is 30.9 Å². The van der Waals surface area contributed by atoms with Crippen LogP contribution in [0.1, 0.15) is 21.5 Å². The maximum atomic E-state index is 10.8. The van der Waals surface area contributed by atoms with Crippen molar-refractivity contribution in [1.29, 1.82) is 0 Å². The fraction of sp³-hybridized carbons (Fsp3) is 0.182. The summed E-state index contributed by atoms with van der Waals surface area (Å²) < 4.78 is 0. The molecule has 0 saturated carbocycles. The minimum atomic E-state index is -0.872. The van der Waals surface area contributed by atoms with Crippen LogP contribution in [0.5, 0.6) is 0 Å². The molecule has 0 spiro atoms. The molecule has 2 heteroatoms. The number of aromatic carboxylic acids is 1. The second kappa shape index (κ2) is 3.90. The van der Waals surface area contributed by atoms with Crippen molar-refractivity contribution in [2.24, 2.45) is 0 Å². The van der Waals surface area contributed by atoms with E-state index in [0.717, 1.165) is 11.1 Å². The summed E-state index contributed by atoms with van der Waals surface area (Å²) in [6, 6.07) is 5.29. The number of allylic oxidation sites excluding steroid dienone is 1. The molecule has 1 aromatic rings. The lowest BCUT2D eigenvalue weighted by molar-refractivity contribution is 0.0696. The lowest BCUT2D eigenvalue weighted by Crippen LogP contribution is -2.01. The number of hydrogen-bond donors (Lipinski definition) is 1. The maximum absolute atomic E-state index is 10.8. The van der Waals surface area contributed by atoms with Gasteiger partial charge in [-0.3, -0.25) is 0 Å². The largest absolute Gasteiger partial charge is 0.478 e. The van der Waals surface area contributed by atoms with Crippen LogP contribution in [0.25, 0.3) is 0 Å². The van der Waals surface area contributed by atoms with Gasteiger partial charge >= 0.3 is 5.97 Å². The van der Waals surface area contributed by atoms with E-state index in [1.807, 2.05) is 13.0 Å². The van der Waals surface area contributed by atoms with Gasteiger partial charge in [0.15, 0.2) is 0 Å². The van der Waals surface area contributed by atoms with Crippen molar-refractivity contribution in [3.8, 4) is 0 Å². The molecule has 0 bridgehead atoms. The van der Waals surface area contributed by atoms with E-state index in [4.69, 9.17) is 5.11 Å². The lowest BCUT2D eigenvalue weighted by atomic mass is 10.0. The standard InChI is InChI=1S/C11H12O2/c1-3-5-9-6-4-7-10(8(9)2)11(12)13/h3-4,6-7H,1,5H2,2H3,(H,12,13). The molecule has 0 radical (unpaired) electrons. The molecule has 0 aliphatic rings. The molecule has 0 fully saturated rings. The third kappa shape index (κ3) is 1.96. The molecule has 68 valence electrons. The van der Waals surface area contributed by atoms with Gasteiger partial charge in [0.05, 0.1) is 5.56 Å². The van der Waals surface area contributed by atoms with Crippen LogP contribution >= 0.6 is 0 Å². The Balaban J connectivity index is 3.17. The predicted molar refractivity (Wildman–Crippen MR) is 52.0 cm³/mol. The highest BCUT2D eigenvalue weighted by Gasteiger charge is 2.08. The fourth-order valence-corrected chi connectivity index (χ4v) is 1.29. The highest BCUT2D eigenvalue weighted by molar-refractivity contribution is 5.89. The smallest absolute Gasteiger partial charge is 0.335 e. The van der Waals surface area contributed by atoms with Crippen molar-refractivity contribution in [2.45, 2.75) is 13.3 Å². The highest BCUT2D eigenvalue weighted by Crippen LogP contribution is 2.14. The summed E-state index contributed by atoms with van der Waals surface area (Å²) >= 11 is 0. The van der Waals surface area contributed by atoms with E-state index in [9.17, 15) is 4.79 Å². The SMILES string of the molecule is C=CCc1cccc(C(=O)O)c1C. The zero-order chi connectivity index (χ0) is 9.84. The predicted octanol–water partition coefficient (Wildman–Crippen LogP) is 2.42. The molecule has 13 heavy (non-hydrogen) atoms. The number of hydrogen-bond acceptors (Lipinski definition) is 1. The molecule has 0 atom stereocenters. The summed E-state index contributed by atoms with van der Waals surface area (Å²) in [6.45, 7) is 5.45. The summed E-state index contributed by atoms with van der Waals surface area (Å²) in [5, 5.41) is 8.83. The minimum Gasteiger partial charge on any atom is -0.478 e. The average Bonchev–Trinajstić information content (AvgIpc) is 2.08. The van der Waals surface area contributed by atoms with Gasteiger partial charge in [0, 0.05) is 0 Å². The zero-order valence-corrected chi connectivity index (χ0v) is 7.58. The molecule has 0 aromatic heterocycles. The van der Waals surface area contributed by atoms with Crippen LogP contribution in [0.2, 0.25) is 0 Å². The third-order valence-corrected chi connectivity index (χ3v) is 2.04. The van der Waals surface area contributed by atoms with Crippen molar-refractivity contribution < 1.29 is 9.90 Å². The van der Waals surface area contributed by atoms with Crippen LogP contribution in [-0.2, 0) is 6.42 Å². The molecule has 1 aromatic carbocycles. The van der Waals surface area contributed by atoms with Gasteiger partial charge in [0.2, 0.25) is 0 Å². The minimum absolute atomic E-state index is 0.374. The highest BCUT2D eigenvalue weighted by atomic mass is 16.4. The van der Waals surface area contributed by atoms with E-state index >= 15 is 0 Å². The molecule has 0 saturated heterocycles. The number of carbonyl (C=O) groups is 1. The summed E-state index contributed by atoms with van der Waals surface area (Å²) in [5.41, 5.74) is 2.23. The Morgan fingerprint density at radius 1 is 1.62 bits per heavy atom. The van der Waals surface area contributed by atoms with Crippen molar-refractivity contribution in [1.82, 2.24) is 0 Å². The Kier molecular flexibility index (Phi) is 2.85. The van der Waals surface area contributed by atoms with Gasteiger partial charge in [-0.25, -0.2) is 4.79 Å².